The summed E-state index contributed by atoms with van der Waals surface area (Å²) in [6.07, 6.45) is 0. The lowest BCUT2D eigenvalue weighted by molar-refractivity contribution is -0.575. The van der Waals surface area contributed by atoms with E-state index < -0.39 is 0 Å². The lowest BCUT2D eigenvalue weighted by atomic mass is 10.0. The van der Waals surface area contributed by atoms with Crippen LogP contribution in [0.1, 0.15) is 12.5 Å². The molecule has 0 aliphatic carbocycles. The average Bonchev–Trinajstić information content (AvgIpc) is 3.38. The quantitative estimate of drug-likeness (QED) is 0.204. The number of oxazole rings is 1. The lowest BCUT2D eigenvalue weighted by Gasteiger charge is -2.05. The van der Waals surface area contributed by atoms with Crippen LogP contribution in [-0.4, -0.2) is 21.3 Å². The van der Waals surface area contributed by atoms with E-state index in [1.54, 1.807) is 21.3 Å². The standard InChI is InChI=1S/C33H30NO4/c1-22(2)23-6-8-26(9-7-23)33-34(27-14-20-30(37-5)21-15-27)31(24-10-16-28(35-3)17-11-24)32(38-33)25-12-18-29(36-4)19-13-25/h6-21H,1H2,2-5H3/q+1. The van der Waals surface area contributed by atoms with Crippen molar-refractivity contribution in [3.05, 3.63) is 109 Å². The minimum absolute atomic E-state index is 0.708. The first-order valence-corrected chi connectivity index (χ1v) is 12.3. The van der Waals surface area contributed by atoms with Gasteiger partial charge < -0.3 is 18.6 Å². The Hall–Kier alpha value is -4.77. The third kappa shape index (κ3) is 4.78. The van der Waals surface area contributed by atoms with E-state index in [1.807, 2.05) is 79.7 Å². The maximum absolute atomic E-state index is 6.75. The molecule has 0 N–H and O–H groups in total. The van der Waals surface area contributed by atoms with Crippen LogP contribution in [0.25, 0.3) is 45.3 Å². The Morgan fingerprint density at radius 1 is 0.605 bits per heavy atom. The Kier molecular flexibility index (Phi) is 7.00. The number of rotatable bonds is 8. The summed E-state index contributed by atoms with van der Waals surface area (Å²) in [5, 5.41) is 0. The highest BCUT2D eigenvalue weighted by Gasteiger charge is 2.34. The van der Waals surface area contributed by atoms with Gasteiger partial charge in [-0.2, -0.15) is 0 Å². The van der Waals surface area contributed by atoms with Gasteiger partial charge in [0.25, 0.3) is 5.69 Å². The van der Waals surface area contributed by atoms with E-state index in [4.69, 9.17) is 18.6 Å². The number of hydrogen-bond acceptors (Lipinski definition) is 4. The molecule has 1 heterocycles. The first-order chi connectivity index (χ1) is 18.5. The summed E-state index contributed by atoms with van der Waals surface area (Å²) in [4.78, 5) is 0. The van der Waals surface area contributed by atoms with Gasteiger partial charge in [-0.05, 0) is 85.3 Å². The molecule has 0 fully saturated rings. The minimum Gasteiger partial charge on any atom is -0.497 e. The zero-order chi connectivity index (χ0) is 26.6. The van der Waals surface area contributed by atoms with Crippen LogP contribution in [0.3, 0.4) is 0 Å². The molecule has 38 heavy (non-hydrogen) atoms. The maximum atomic E-state index is 6.75. The monoisotopic (exact) mass is 504 g/mol. The smallest absolute Gasteiger partial charge is 0.387 e. The molecule has 0 saturated heterocycles. The second-order valence-corrected chi connectivity index (χ2v) is 8.93. The minimum atomic E-state index is 0.708. The summed E-state index contributed by atoms with van der Waals surface area (Å²) in [5.74, 6) is 3.80. The fourth-order valence-electron chi connectivity index (χ4n) is 4.40. The SMILES string of the molecule is C=C(C)c1ccc(-c2oc(-c3ccc(OC)cc3)c(-c3ccc(OC)cc3)[n+]2-c2ccc(OC)cc2)cc1. The lowest BCUT2D eigenvalue weighted by Crippen LogP contribution is -2.33. The van der Waals surface area contributed by atoms with Gasteiger partial charge in [-0.3, -0.25) is 0 Å². The highest BCUT2D eigenvalue weighted by Crippen LogP contribution is 2.37. The van der Waals surface area contributed by atoms with Crippen molar-refractivity contribution < 1.29 is 23.2 Å². The summed E-state index contributed by atoms with van der Waals surface area (Å²) < 4.78 is 25.1. The Balaban J connectivity index is 1.81. The Labute approximate surface area is 223 Å². The molecule has 4 aromatic carbocycles. The van der Waals surface area contributed by atoms with Crippen LogP contribution in [0.15, 0.2) is 108 Å². The Morgan fingerprint density at radius 3 is 1.53 bits per heavy atom. The zero-order valence-electron chi connectivity index (χ0n) is 22.0. The highest BCUT2D eigenvalue weighted by molar-refractivity contribution is 5.77. The van der Waals surface area contributed by atoms with E-state index in [0.29, 0.717) is 5.89 Å². The molecule has 0 radical (unpaired) electrons. The molecular formula is C33H30NO4+. The molecule has 0 unspecified atom stereocenters. The van der Waals surface area contributed by atoms with Gasteiger partial charge in [-0.1, -0.05) is 24.3 Å². The normalized spacial score (nSPS) is 10.7. The van der Waals surface area contributed by atoms with Crippen molar-refractivity contribution in [3.8, 4) is 57.0 Å². The molecule has 0 aliphatic heterocycles. The van der Waals surface area contributed by atoms with Crippen molar-refractivity contribution in [3.63, 3.8) is 0 Å². The van der Waals surface area contributed by atoms with Crippen LogP contribution in [0.2, 0.25) is 0 Å². The largest absolute Gasteiger partial charge is 0.497 e. The average molecular weight is 505 g/mol. The van der Waals surface area contributed by atoms with E-state index in [1.165, 1.54) is 0 Å². The van der Waals surface area contributed by atoms with Crippen LogP contribution >= 0.6 is 0 Å². The second kappa shape index (κ2) is 10.7. The van der Waals surface area contributed by atoms with Gasteiger partial charge in [0.2, 0.25) is 11.4 Å². The topological polar surface area (TPSA) is 44.7 Å². The van der Waals surface area contributed by atoms with Crippen molar-refractivity contribution >= 4 is 5.57 Å². The van der Waals surface area contributed by atoms with Gasteiger partial charge in [0.05, 0.1) is 32.5 Å². The zero-order valence-corrected chi connectivity index (χ0v) is 22.0. The molecule has 5 heteroatoms. The van der Waals surface area contributed by atoms with Crippen LogP contribution in [0, 0.1) is 0 Å². The molecule has 190 valence electrons. The predicted octanol–water partition coefficient (Wildman–Crippen LogP) is 7.62. The number of ether oxygens (including phenoxy) is 3. The van der Waals surface area contributed by atoms with Crippen molar-refractivity contribution in [2.24, 2.45) is 0 Å². The number of benzene rings is 4. The Morgan fingerprint density at radius 2 is 1.05 bits per heavy atom. The van der Waals surface area contributed by atoms with Crippen LogP contribution < -0.4 is 18.8 Å². The fourth-order valence-corrected chi connectivity index (χ4v) is 4.40. The molecule has 0 atom stereocenters. The van der Waals surface area contributed by atoms with Gasteiger partial charge in [0, 0.05) is 17.7 Å². The van der Waals surface area contributed by atoms with Crippen LogP contribution in [0.4, 0.5) is 0 Å². The van der Waals surface area contributed by atoms with E-state index in [2.05, 4.69) is 35.4 Å². The molecular weight excluding hydrogens is 474 g/mol. The Bertz CT molecular complexity index is 1550. The molecule has 1 aromatic heterocycles. The van der Waals surface area contributed by atoms with Gasteiger partial charge in [-0.15, -0.1) is 4.57 Å². The summed E-state index contributed by atoms with van der Waals surface area (Å²) in [6, 6.07) is 32.2. The number of nitrogens with zero attached hydrogens (tertiary/aromatic N) is 1. The van der Waals surface area contributed by atoms with Gasteiger partial charge in [0.15, 0.2) is 0 Å². The first-order valence-electron chi connectivity index (χ1n) is 12.3. The molecule has 5 aromatic rings. The van der Waals surface area contributed by atoms with E-state index in [-0.39, 0.29) is 0 Å². The third-order valence-electron chi connectivity index (χ3n) is 6.51. The van der Waals surface area contributed by atoms with Gasteiger partial charge >= 0.3 is 5.89 Å². The van der Waals surface area contributed by atoms with Gasteiger partial charge in [0.1, 0.15) is 17.2 Å². The number of hydrogen-bond donors (Lipinski definition) is 0. The molecule has 5 nitrogen and oxygen atoms in total. The van der Waals surface area contributed by atoms with Crippen LogP contribution in [-0.2, 0) is 0 Å². The summed E-state index contributed by atoms with van der Waals surface area (Å²) >= 11 is 0. The summed E-state index contributed by atoms with van der Waals surface area (Å²) in [5.41, 5.74) is 6.82. The van der Waals surface area contributed by atoms with Crippen molar-refractivity contribution in [2.45, 2.75) is 6.92 Å². The number of aromatic nitrogens is 1. The fraction of sp³-hybridized carbons (Fsp3) is 0.121. The van der Waals surface area contributed by atoms with Crippen molar-refractivity contribution in [1.29, 1.82) is 0 Å². The molecule has 5 rings (SSSR count). The molecule has 0 saturated carbocycles. The third-order valence-corrected chi connectivity index (χ3v) is 6.51. The van der Waals surface area contributed by atoms with Crippen molar-refractivity contribution in [1.82, 2.24) is 0 Å². The predicted molar refractivity (Wildman–Crippen MR) is 151 cm³/mol. The first kappa shape index (κ1) is 24.9. The molecule has 0 spiro atoms. The van der Waals surface area contributed by atoms with Crippen LogP contribution in [0.5, 0.6) is 17.2 Å². The summed E-state index contributed by atoms with van der Waals surface area (Å²) in [6.45, 7) is 6.08. The van der Waals surface area contributed by atoms with Gasteiger partial charge in [-0.25, -0.2) is 0 Å². The second-order valence-electron chi connectivity index (χ2n) is 8.93. The summed E-state index contributed by atoms with van der Waals surface area (Å²) in [7, 11) is 4.99. The molecule has 0 aliphatic rings. The molecule has 0 bridgehead atoms. The number of allylic oxidation sites excluding steroid dienone is 1. The maximum Gasteiger partial charge on any atom is 0.387 e. The van der Waals surface area contributed by atoms with E-state index in [9.17, 15) is 0 Å². The van der Waals surface area contributed by atoms with Crippen molar-refractivity contribution in [2.75, 3.05) is 21.3 Å². The number of methoxy groups -OCH3 is 3. The molecule has 0 amide bonds. The van der Waals surface area contributed by atoms with E-state index >= 15 is 0 Å². The van der Waals surface area contributed by atoms with E-state index in [0.717, 1.165) is 62.2 Å². The highest BCUT2D eigenvalue weighted by atomic mass is 16.5.